The lowest BCUT2D eigenvalue weighted by molar-refractivity contribution is -0.138. The molecule has 3 aliphatic rings. The highest BCUT2D eigenvalue weighted by Gasteiger charge is 2.42. The maximum atomic E-state index is 14.1. The Morgan fingerprint density at radius 1 is 0.761 bits per heavy atom. The molecule has 0 bridgehead atoms. The van der Waals surface area contributed by atoms with Gasteiger partial charge in [0, 0.05) is 25.8 Å². The second kappa shape index (κ2) is 18.2. The lowest BCUT2D eigenvalue weighted by atomic mass is 9.87. The van der Waals surface area contributed by atoms with Gasteiger partial charge in [0.2, 0.25) is 11.8 Å². The van der Waals surface area contributed by atoms with Crippen LogP contribution in [0.25, 0.3) is 22.1 Å². The van der Waals surface area contributed by atoms with Crippen molar-refractivity contribution >= 4 is 51.8 Å². The number of carboxylic acid groups (broad SMARTS) is 1. The second-order valence-electron chi connectivity index (χ2n) is 20.4. The van der Waals surface area contributed by atoms with Crippen LogP contribution in [0.5, 0.6) is 0 Å². The van der Waals surface area contributed by atoms with E-state index in [4.69, 9.17) is 14.7 Å². The van der Waals surface area contributed by atoms with E-state index < -0.39 is 30.3 Å². The summed E-state index contributed by atoms with van der Waals surface area (Å²) >= 11 is 0. The number of aromatic nitrogens is 4. The topological polar surface area (TPSA) is 180 Å². The third-order valence-corrected chi connectivity index (χ3v) is 13.9. The summed E-state index contributed by atoms with van der Waals surface area (Å²) in [6.07, 6.45) is 1.07. The maximum absolute atomic E-state index is 14.1. The molecule has 0 spiro atoms. The Morgan fingerprint density at radius 2 is 1.25 bits per heavy atom. The van der Waals surface area contributed by atoms with Crippen LogP contribution in [0, 0.1) is 11.8 Å². The van der Waals surface area contributed by atoms with Gasteiger partial charge in [-0.2, -0.15) is 0 Å². The number of benzene rings is 3. The summed E-state index contributed by atoms with van der Waals surface area (Å²) in [4.78, 5) is 76.5. The SMILES string of the molecule is C=C1C[C@@H](c2nc3ccc([C@H]4CC[C@H](c5ccc6nc([C@@H]7CC(=C)CN7C(=O)[C@H](C(C)C)N(C)C(=O)O)[nH]c6c5)N4c4ccc(C(C)(C)C)cc4)cc3[nH]2)N(C(=O)[C@@H](NC(=O)OC)C(C)C)C1. The molecule has 15 heteroatoms. The number of imidazole rings is 2. The van der Waals surface area contributed by atoms with Crippen molar-refractivity contribution in [3.63, 3.8) is 0 Å². The standard InChI is InChI=1S/C52H65N9O6/c1-28(2)44(57-50(64)67-11)48(62)59-26-30(5)22-42(59)46-53-36-18-12-32(24-38(36)55-46)40-20-21-41(61(40)35-16-14-34(15-17-35)52(7,8)9)33-13-19-37-39(25-33)56-47(54-37)43-23-31(6)27-60(43)49(63)45(29(3)4)58(10)51(65)66/h12-19,24-25,28-29,40-45H,5-6,20-23,26-27H2,1-4,7-11H3,(H,53,55)(H,54,56)(H,57,64)(H,65,66)/t40-,41-,42+,43+,44+,45+/m1/s1. The summed E-state index contributed by atoms with van der Waals surface area (Å²) in [5.41, 5.74) is 9.75. The number of carbonyl (C=O) groups excluding carboxylic acids is 3. The summed E-state index contributed by atoms with van der Waals surface area (Å²) in [5, 5.41) is 12.5. The monoisotopic (exact) mass is 912 g/mol. The molecule has 4 amide bonds. The molecule has 6 atom stereocenters. The predicted molar refractivity (Wildman–Crippen MR) is 260 cm³/mol. The Morgan fingerprint density at radius 3 is 1.69 bits per heavy atom. The highest BCUT2D eigenvalue weighted by molar-refractivity contribution is 5.88. The van der Waals surface area contributed by atoms with E-state index in [1.54, 1.807) is 9.80 Å². The average molecular weight is 912 g/mol. The Balaban J connectivity index is 1.11. The minimum Gasteiger partial charge on any atom is -0.465 e. The van der Waals surface area contributed by atoms with Crippen molar-refractivity contribution in [1.82, 2.24) is 40.0 Å². The maximum Gasteiger partial charge on any atom is 0.407 e. The number of carbonyl (C=O) groups is 4. The molecule has 0 aliphatic carbocycles. The van der Waals surface area contributed by atoms with Gasteiger partial charge in [-0.3, -0.25) is 14.5 Å². The van der Waals surface area contributed by atoms with Crippen molar-refractivity contribution in [3.05, 3.63) is 113 Å². The molecule has 3 fully saturated rings. The number of fused-ring (bicyclic) bond motifs is 2. The summed E-state index contributed by atoms with van der Waals surface area (Å²) in [6.45, 7) is 23.3. The normalized spacial score (nSPS) is 21.0. The zero-order valence-electron chi connectivity index (χ0n) is 40.2. The largest absolute Gasteiger partial charge is 0.465 e. The Labute approximate surface area is 392 Å². The van der Waals surface area contributed by atoms with Gasteiger partial charge in [-0.1, -0.05) is 97.0 Å². The van der Waals surface area contributed by atoms with Gasteiger partial charge in [-0.15, -0.1) is 0 Å². The number of H-pyrrole nitrogens is 2. The summed E-state index contributed by atoms with van der Waals surface area (Å²) in [7, 11) is 2.73. The zero-order valence-corrected chi connectivity index (χ0v) is 40.2. The van der Waals surface area contributed by atoms with Crippen LogP contribution in [0.1, 0.15) is 127 Å². The number of anilines is 1. The fourth-order valence-electron chi connectivity index (χ4n) is 10.4. The van der Waals surface area contributed by atoms with E-state index in [0.29, 0.717) is 37.6 Å². The Kier molecular flexibility index (Phi) is 12.7. The highest BCUT2D eigenvalue weighted by Crippen LogP contribution is 2.48. The van der Waals surface area contributed by atoms with Crippen LogP contribution in [-0.2, 0) is 19.7 Å². The molecule has 3 aliphatic heterocycles. The van der Waals surface area contributed by atoms with Crippen molar-refractivity contribution in [2.45, 2.75) is 116 Å². The third kappa shape index (κ3) is 9.12. The highest BCUT2D eigenvalue weighted by atomic mass is 16.5. The number of methoxy groups -OCH3 is 1. The van der Waals surface area contributed by atoms with E-state index >= 15 is 0 Å². The first-order valence-electron chi connectivity index (χ1n) is 23.4. The summed E-state index contributed by atoms with van der Waals surface area (Å²) in [6, 6.07) is 19.4. The molecule has 4 N–H and O–H groups in total. The van der Waals surface area contributed by atoms with Gasteiger partial charge in [-0.25, -0.2) is 19.6 Å². The van der Waals surface area contributed by atoms with Crippen LogP contribution in [0.3, 0.4) is 0 Å². The number of ether oxygens (including phenoxy) is 1. The Hall–Kier alpha value is -6.64. The summed E-state index contributed by atoms with van der Waals surface area (Å²) < 4.78 is 4.83. The van der Waals surface area contributed by atoms with Gasteiger partial charge in [0.1, 0.15) is 23.7 Å². The molecule has 0 unspecified atom stereocenters. The van der Waals surface area contributed by atoms with E-state index in [2.05, 4.69) is 109 Å². The molecular formula is C52H65N9O6. The van der Waals surface area contributed by atoms with Gasteiger partial charge in [0.25, 0.3) is 0 Å². The molecular weight excluding hydrogens is 847 g/mol. The first-order chi connectivity index (χ1) is 31.7. The fourth-order valence-corrected chi connectivity index (χ4v) is 10.4. The van der Waals surface area contributed by atoms with Crippen molar-refractivity contribution in [1.29, 1.82) is 0 Å². The Bertz CT molecular complexity index is 2730. The zero-order chi connectivity index (χ0) is 48.2. The van der Waals surface area contributed by atoms with Gasteiger partial charge >= 0.3 is 12.2 Å². The van der Waals surface area contributed by atoms with Gasteiger partial charge in [0.15, 0.2) is 0 Å². The molecule has 15 nitrogen and oxygen atoms in total. The van der Waals surface area contributed by atoms with E-state index in [9.17, 15) is 24.3 Å². The van der Waals surface area contributed by atoms with Crippen LogP contribution in [0.15, 0.2) is 85.0 Å². The summed E-state index contributed by atoms with van der Waals surface area (Å²) in [5.74, 6) is 0.463. The van der Waals surface area contributed by atoms with Gasteiger partial charge < -0.3 is 39.8 Å². The molecule has 0 saturated carbocycles. The molecule has 8 rings (SSSR count). The van der Waals surface area contributed by atoms with Crippen molar-refractivity contribution in [2.75, 3.05) is 32.1 Å². The molecule has 5 aromatic rings. The quantitative estimate of drug-likeness (QED) is 0.0939. The third-order valence-electron chi connectivity index (χ3n) is 13.9. The van der Waals surface area contributed by atoms with E-state index in [1.807, 2.05) is 33.8 Å². The van der Waals surface area contributed by atoms with Crippen LogP contribution < -0.4 is 10.2 Å². The number of likely N-dealkylation sites (N-methyl/N-ethyl adjacent to an activating group) is 1. The van der Waals surface area contributed by atoms with E-state index in [-0.39, 0.29) is 47.2 Å². The van der Waals surface area contributed by atoms with Crippen molar-refractivity contribution < 1.29 is 29.0 Å². The molecule has 2 aromatic heterocycles. The first-order valence-corrected chi connectivity index (χ1v) is 23.4. The fraction of sp³-hybridized carbons (Fsp3) is 0.462. The molecule has 3 aromatic carbocycles. The molecule has 3 saturated heterocycles. The number of rotatable bonds is 11. The number of alkyl carbamates (subject to hydrolysis) is 1. The minimum absolute atomic E-state index is 0.0117. The first kappa shape index (κ1) is 46.9. The number of hydrogen-bond acceptors (Lipinski definition) is 8. The average Bonchev–Trinajstić information content (AvgIpc) is 4.13. The predicted octanol–water partition coefficient (Wildman–Crippen LogP) is 9.49. The molecule has 354 valence electrons. The van der Waals surface area contributed by atoms with E-state index in [0.717, 1.165) is 67.8 Å². The van der Waals surface area contributed by atoms with Crippen molar-refractivity contribution in [3.8, 4) is 0 Å². The number of amides is 4. The van der Waals surface area contributed by atoms with Crippen LogP contribution >= 0.6 is 0 Å². The van der Waals surface area contributed by atoms with Crippen LogP contribution in [-0.4, -0.2) is 103 Å². The number of nitrogens with zero attached hydrogens (tertiary/aromatic N) is 6. The van der Waals surface area contributed by atoms with E-state index in [1.165, 1.54) is 19.7 Å². The molecule has 67 heavy (non-hydrogen) atoms. The number of hydrogen-bond donors (Lipinski definition) is 4. The van der Waals surface area contributed by atoms with Gasteiger partial charge in [-0.05, 0) is 96.0 Å². The number of likely N-dealkylation sites (tertiary alicyclic amines) is 2. The molecule has 0 radical (unpaired) electrons. The van der Waals surface area contributed by atoms with Crippen molar-refractivity contribution in [2.24, 2.45) is 11.8 Å². The number of aromatic amines is 2. The van der Waals surface area contributed by atoms with Crippen LogP contribution in [0.4, 0.5) is 15.3 Å². The smallest absolute Gasteiger partial charge is 0.407 e. The lowest BCUT2D eigenvalue weighted by Crippen LogP contribution is -2.51. The number of nitrogens with one attached hydrogen (secondary N) is 3. The van der Waals surface area contributed by atoms with Gasteiger partial charge in [0.05, 0.1) is 53.3 Å². The van der Waals surface area contributed by atoms with Crippen LogP contribution in [0.2, 0.25) is 0 Å². The lowest BCUT2D eigenvalue weighted by Gasteiger charge is -2.34. The second-order valence-corrected chi connectivity index (χ2v) is 20.4. The minimum atomic E-state index is -1.15. The molecule has 5 heterocycles.